The Morgan fingerprint density at radius 1 is 0.880 bits per heavy atom. The lowest BCUT2D eigenvalue weighted by molar-refractivity contribution is 0.0688. The van der Waals surface area contributed by atoms with E-state index in [9.17, 15) is 5.11 Å². The van der Waals surface area contributed by atoms with E-state index in [1.54, 1.807) is 7.11 Å². The highest BCUT2D eigenvalue weighted by molar-refractivity contribution is 5.67. The van der Waals surface area contributed by atoms with Crippen LogP contribution in [0.5, 0.6) is 5.75 Å². The Hall–Kier alpha value is -2.62. The summed E-state index contributed by atoms with van der Waals surface area (Å²) < 4.78 is 5.58. The van der Waals surface area contributed by atoms with Crippen LogP contribution in [0.2, 0.25) is 0 Å². The van der Waals surface area contributed by atoms with Gasteiger partial charge < -0.3 is 15.2 Å². The lowest BCUT2D eigenvalue weighted by Crippen LogP contribution is -2.44. The Morgan fingerprint density at radius 3 is 2.44 bits per heavy atom. The highest BCUT2D eigenvalue weighted by Gasteiger charge is 2.38. The second-order valence-corrected chi connectivity index (χ2v) is 6.40. The van der Waals surface area contributed by atoms with Crippen molar-refractivity contribution in [1.82, 2.24) is 5.32 Å². The molecule has 3 aromatic carbocycles. The number of hydrogen-bond acceptors (Lipinski definition) is 3. The lowest BCUT2D eigenvalue weighted by Gasteiger charge is -2.36. The third-order valence-electron chi connectivity index (χ3n) is 4.91. The van der Waals surface area contributed by atoms with Gasteiger partial charge in [0, 0.05) is 18.7 Å². The first-order chi connectivity index (χ1) is 12.2. The van der Waals surface area contributed by atoms with Crippen LogP contribution in [0.15, 0.2) is 72.8 Å². The van der Waals surface area contributed by atoms with Gasteiger partial charge in [0.15, 0.2) is 0 Å². The maximum atomic E-state index is 11.6. The minimum absolute atomic E-state index is 0.457. The zero-order valence-corrected chi connectivity index (χ0v) is 14.2. The van der Waals surface area contributed by atoms with Gasteiger partial charge in [-0.3, -0.25) is 0 Å². The van der Waals surface area contributed by atoms with Crippen molar-refractivity contribution in [2.75, 3.05) is 13.7 Å². The molecule has 0 saturated carbocycles. The van der Waals surface area contributed by atoms with Crippen LogP contribution in [-0.4, -0.2) is 18.8 Å². The van der Waals surface area contributed by atoms with Gasteiger partial charge in [-0.25, -0.2) is 0 Å². The van der Waals surface area contributed by atoms with Crippen molar-refractivity contribution >= 4 is 0 Å². The highest BCUT2D eigenvalue weighted by atomic mass is 16.5. The molecule has 1 aliphatic heterocycles. The second-order valence-electron chi connectivity index (χ2n) is 6.40. The molecule has 3 nitrogen and oxygen atoms in total. The fraction of sp³-hybridized carbons (Fsp3) is 0.182. The van der Waals surface area contributed by atoms with Crippen molar-refractivity contribution < 1.29 is 9.84 Å². The van der Waals surface area contributed by atoms with Gasteiger partial charge in [0.25, 0.3) is 0 Å². The van der Waals surface area contributed by atoms with Gasteiger partial charge in [0.05, 0.1) is 7.11 Å². The van der Waals surface area contributed by atoms with Gasteiger partial charge >= 0.3 is 0 Å². The normalized spacial score (nSPS) is 19.3. The molecule has 2 N–H and O–H groups in total. The predicted molar refractivity (Wildman–Crippen MR) is 99.6 cm³/mol. The lowest BCUT2D eigenvalue weighted by atomic mass is 9.80. The quantitative estimate of drug-likeness (QED) is 0.769. The molecule has 1 heterocycles. The predicted octanol–water partition coefficient (Wildman–Crippen LogP) is 3.70. The fourth-order valence-electron chi connectivity index (χ4n) is 3.63. The first-order valence-corrected chi connectivity index (χ1v) is 8.48. The summed E-state index contributed by atoms with van der Waals surface area (Å²) in [5.41, 5.74) is 3.90. The molecule has 0 spiro atoms. The molecule has 25 heavy (non-hydrogen) atoms. The van der Waals surface area contributed by atoms with Crippen molar-refractivity contribution in [2.24, 2.45) is 0 Å². The molecule has 0 radical (unpaired) electrons. The van der Waals surface area contributed by atoms with E-state index in [0.29, 0.717) is 12.3 Å². The molecule has 0 aliphatic carbocycles. The van der Waals surface area contributed by atoms with E-state index in [-0.39, 0.29) is 0 Å². The zero-order chi connectivity index (χ0) is 17.3. The molecule has 0 saturated heterocycles. The van der Waals surface area contributed by atoms with E-state index in [0.717, 1.165) is 34.4 Å². The monoisotopic (exact) mass is 331 g/mol. The van der Waals surface area contributed by atoms with E-state index in [2.05, 4.69) is 23.5 Å². The standard InChI is InChI=1S/C22H21NO2/c1-25-21-12-11-17(16-7-3-2-4-8-16)13-20(21)22(24)15-23-14-18-9-5-6-10-19(18)22/h2-13,23-24H,14-15H2,1H3. The molecule has 1 aliphatic rings. The Morgan fingerprint density at radius 2 is 1.64 bits per heavy atom. The topological polar surface area (TPSA) is 41.5 Å². The largest absolute Gasteiger partial charge is 0.496 e. The van der Waals surface area contributed by atoms with Crippen LogP contribution in [-0.2, 0) is 12.1 Å². The summed E-state index contributed by atoms with van der Waals surface area (Å²) >= 11 is 0. The number of rotatable bonds is 3. The van der Waals surface area contributed by atoms with Crippen LogP contribution in [0, 0.1) is 0 Å². The summed E-state index contributed by atoms with van der Waals surface area (Å²) in [5, 5.41) is 15.0. The van der Waals surface area contributed by atoms with Gasteiger partial charge in [0.2, 0.25) is 0 Å². The van der Waals surface area contributed by atoms with Crippen molar-refractivity contribution in [3.63, 3.8) is 0 Å². The van der Waals surface area contributed by atoms with E-state index in [1.807, 2.05) is 54.6 Å². The van der Waals surface area contributed by atoms with Crippen molar-refractivity contribution in [3.05, 3.63) is 89.5 Å². The van der Waals surface area contributed by atoms with E-state index in [4.69, 9.17) is 4.74 Å². The SMILES string of the molecule is COc1ccc(-c2ccccc2)cc1C1(O)CNCc2ccccc21. The summed E-state index contributed by atoms with van der Waals surface area (Å²) in [7, 11) is 1.65. The van der Waals surface area contributed by atoms with Gasteiger partial charge in [0.1, 0.15) is 11.4 Å². The molecule has 3 aromatic rings. The number of fused-ring (bicyclic) bond motifs is 1. The maximum absolute atomic E-state index is 11.6. The smallest absolute Gasteiger partial charge is 0.131 e. The average Bonchev–Trinajstić information content (AvgIpc) is 2.68. The van der Waals surface area contributed by atoms with Crippen LogP contribution in [0.25, 0.3) is 11.1 Å². The third kappa shape index (κ3) is 2.72. The molecule has 0 bridgehead atoms. The van der Waals surface area contributed by atoms with E-state index >= 15 is 0 Å². The van der Waals surface area contributed by atoms with Crippen LogP contribution in [0.4, 0.5) is 0 Å². The number of nitrogens with one attached hydrogen (secondary N) is 1. The first-order valence-electron chi connectivity index (χ1n) is 8.48. The van der Waals surface area contributed by atoms with Crippen LogP contribution < -0.4 is 10.1 Å². The molecular formula is C22H21NO2. The van der Waals surface area contributed by atoms with Gasteiger partial charge in [-0.15, -0.1) is 0 Å². The van der Waals surface area contributed by atoms with E-state index in [1.165, 1.54) is 0 Å². The number of hydrogen-bond donors (Lipinski definition) is 2. The zero-order valence-electron chi connectivity index (χ0n) is 14.2. The summed E-state index contributed by atoms with van der Waals surface area (Å²) in [6.07, 6.45) is 0. The van der Waals surface area contributed by atoms with Crippen molar-refractivity contribution in [3.8, 4) is 16.9 Å². The van der Waals surface area contributed by atoms with Crippen LogP contribution >= 0.6 is 0 Å². The summed E-state index contributed by atoms with van der Waals surface area (Å²) in [5.74, 6) is 0.695. The minimum atomic E-state index is -1.12. The number of ether oxygens (including phenoxy) is 1. The molecule has 0 aromatic heterocycles. The average molecular weight is 331 g/mol. The van der Waals surface area contributed by atoms with Crippen LogP contribution in [0.3, 0.4) is 0 Å². The fourth-order valence-corrected chi connectivity index (χ4v) is 3.63. The highest BCUT2D eigenvalue weighted by Crippen LogP contribution is 2.40. The molecule has 0 fully saturated rings. The summed E-state index contributed by atoms with van der Waals surface area (Å²) in [6.45, 7) is 1.22. The Balaban J connectivity index is 1.90. The Labute approximate surface area is 147 Å². The molecule has 1 atom stereocenters. The van der Waals surface area contributed by atoms with E-state index < -0.39 is 5.60 Å². The molecule has 126 valence electrons. The summed E-state index contributed by atoms with van der Waals surface area (Å²) in [4.78, 5) is 0. The molecular weight excluding hydrogens is 310 g/mol. The first kappa shape index (κ1) is 15.9. The number of benzene rings is 3. The summed E-state index contributed by atoms with van der Waals surface area (Å²) in [6, 6.07) is 24.2. The molecule has 3 heteroatoms. The number of β-amino-alcohol motifs (C(OH)–C–C–N with tert-alkyl or cyclic N) is 1. The van der Waals surface area contributed by atoms with Gasteiger partial charge in [-0.2, -0.15) is 0 Å². The molecule has 1 unspecified atom stereocenters. The minimum Gasteiger partial charge on any atom is -0.496 e. The van der Waals surface area contributed by atoms with Crippen molar-refractivity contribution in [1.29, 1.82) is 0 Å². The van der Waals surface area contributed by atoms with Crippen LogP contribution in [0.1, 0.15) is 16.7 Å². The number of aliphatic hydroxyl groups is 1. The van der Waals surface area contributed by atoms with Crippen molar-refractivity contribution in [2.45, 2.75) is 12.1 Å². The van der Waals surface area contributed by atoms with Gasteiger partial charge in [-0.1, -0.05) is 60.7 Å². The van der Waals surface area contributed by atoms with Gasteiger partial charge in [-0.05, 0) is 34.4 Å². The molecule has 0 amide bonds. The Bertz CT molecular complexity index is 892. The molecule has 4 rings (SSSR count). The Kier molecular flexibility index (Phi) is 4.04. The number of methoxy groups -OCH3 is 1. The second kappa shape index (κ2) is 6.36. The maximum Gasteiger partial charge on any atom is 0.131 e. The third-order valence-corrected chi connectivity index (χ3v) is 4.91.